The van der Waals surface area contributed by atoms with E-state index in [-0.39, 0.29) is 0 Å². The molecular formula is C16H14BrN3S. The lowest BCUT2D eigenvalue weighted by Crippen LogP contribution is -1.97. The number of aromatic nitrogens is 3. The van der Waals surface area contributed by atoms with E-state index in [1.807, 2.05) is 16.7 Å². The first-order valence-corrected chi connectivity index (χ1v) is 8.35. The molecule has 0 N–H and O–H groups in total. The summed E-state index contributed by atoms with van der Waals surface area (Å²) >= 11 is 5.14. The number of halogens is 1. The van der Waals surface area contributed by atoms with Crippen molar-refractivity contribution in [1.82, 2.24) is 14.8 Å². The summed E-state index contributed by atoms with van der Waals surface area (Å²) in [5.74, 6) is 0.873. The second kappa shape index (κ2) is 6.45. The van der Waals surface area contributed by atoms with Crippen LogP contribution in [0.15, 0.2) is 64.5 Å². The maximum atomic E-state index is 4.23. The highest BCUT2D eigenvalue weighted by Gasteiger charge is 2.09. The molecule has 5 heteroatoms. The van der Waals surface area contributed by atoms with Crippen molar-refractivity contribution in [1.29, 1.82) is 0 Å². The van der Waals surface area contributed by atoms with Gasteiger partial charge in [-0.2, -0.15) is 0 Å². The summed E-state index contributed by atoms with van der Waals surface area (Å²) < 4.78 is 3.14. The molecule has 0 saturated carbocycles. The predicted molar refractivity (Wildman–Crippen MR) is 89.8 cm³/mol. The van der Waals surface area contributed by atoms with E-state index in [4.69, 9.17) is 0 Å². The van der Waals surface area contributed by atoms with Crippen molar-refractivity contribution in [2.75, 3.05) is 0 Å². The Morgan fingerprint density at radius 3 is 2.62 bits per heavy atom. The number of nitrogens with zero attached hydrogens (tertiary/aromatic N) is 3. The average molecular weight is 360 g/mol. The van der Waals surface area contributed by atoms with Crippen LogP contribution in [0.5, 0.6) is 0 Å². The molecule has 21 heavy (non-hydrogen) atoms. The Balaban J connectivity index is 1.80. The van der Waals surface area contributed by atoms with Gasteiger partial charge < -0.3 is 0 Å². The number of rotatable bonds is 4. The summed E-state index contributed by atoms with van der Waals surface area (Å²) in [7, 11) is 0. The zero-order valence-corrected chi connectivity index (χ0v) is 13.9. The van der Waals surface area contributed by atoms with Crippen LogP contribution in [0.4, 0.5) is 0 Å². The molecule has 0 fully saturated rings. The monoisotopic (exact) mass is 359 g/mol. The molecule has 0 amide bonds. The zero-order valence-electron chi connectivity index (χ0n) is 11.5. The Kier molecular flexibility index (Phi) is 4.41. The Labute approximate surface area is 136 Å². The van der Waals surface area contributed by atoms with Crippen LogP contribution in [0.2, 0.25) is 0 Å². The molecule has 0 aliphatic rings. The fourth-order valence-electron chi connectivity index (χ4n) is 2.05. The molecule has 0 radical (unpaired) electrons. The van der Waals surface area contributed by atoms with Crippen LogP contribution in [-0.2, 0) is 5.75 Å². The lowest BCUT2D eigenvalue weighted by molar-refractivity contribution is 0.878. The molecule has 3 aromatic rings. The van der Waals surface area contributed by atoms with E-state index in [2.05, 4.69) is 69.4 Å². The van der Waals surface area contributed by atoms with Crippen molar-refractivity contribution in [3.8, 4) is 5.69 Å². The second-order valence-corrected chi connectivity index (χ2v) is 6.54. The topological polar surface area (TPSA) is 30.7 Å². The van der Waals surface area contributed by atoms with Gasteiger partial charge in [-0.25, -0.2) is 0 Å². The van der Waals surface area contributed by atoms with Crippen LogP contribution < -0.4 is 0 Å². The minimum Gasteiger partial charge on any atom is -0.276 e. The summed E-state index contributed by atoms with van der Waals surface area (Å²) in [5.41, 5.74) is 3.60. The summed E-state index contributed by atoms with van der Waals surface area (Å²) in [6, 6.07) is 16.6. The lowest BCUT2D eigenvalue weighted by Gasteiger charge is -2.09. The van der Waals surface area contributed by atoms with E-state index in [0.29, 0.717) is 0 Å². The largest absolute Gasteiger partial charge is 0.276 e. The van der Waals surface area contributed by atoms with Crippen LogP contribution in [0.25, 0.3) is 5.69 Å². The molecule has 3 nitrogen and oxygen atoms in total. The highest BCUT2D eigenvalue weighted by Crippen LogP contribution is 2.25. The van der Waals surface area contributed by atoms with Crippen LogP contribution in [0.1, 0.15) is 11.1 Å². The molecule has 0 aliphatic heterocycles. The third kappa shape index (κ3) is 3.36. The molecule has 1 aromatic heterocycles. The maximum Gasteiger partial charge on any atom is 0.195 e. The van der Waals surface area contributed by atoms with Crippen LogP contribution in [0, 0.1) is 6.92 Å². The number of aryl methyl sites for hydroxylation is 1. The highest BCUT2D eigenvalue weighted by atomic mass is 79.9. The zero-order chi connectivity index (χ0) is 14.7. The SMILES string of the molecule is Cc1ccccc1-n1cnnc1SCc1ccc(Br)cc1. The number of hydrogen-bond acceptors (Lipinski definition) is 3. The molecular weight excluding hydrogens is 346 g/mol. The Bertz CT molecular complexity index is 737. The number of hydrogen-bond donors (Lipinski definition) is 0. The van der Waals surface area contributed by atoms with Crippen molar-refractivity contribution in [3.63, 3.8) is 0 Å². The molecule has 3 rings (SSSR count). The third-order valence-corrected chi connectivity index (χ3v) is 4.72. The van der Waals surface area contributed by atoms with Crippen molar-refractivity contribution in [2.24, 2.45) is 0 Å². The molecule has 0 bridgehead atoms. The second-order valence-electron chi connectivity index (χ2n) is 4.69. The summed E-state index contributed by atoms with van der Waals surface area (Å²) in [4.78, 5) is 0. The van der Waals surface area contributed by atoms with E-state index in [0.717, 1.165) is 21.1 Å². The van der Waals surface area contributed by atoms with Crippen molar-refractivity contribution >= 4 is 27.7 Å². The number of benzene rings is 2. The quantitative estimate of drug-likeness (QED) is 0.636. The first-order valence-electron chi connectivity index (χ1n) is 6.57. The molecule has 0 spiro atoms. The van der Waals surface area contributed by atoms with Gasteiger partial charge in [0.1, 0.15) is 6.33 Å². The Hall–Kier alpha value is -1.59. The normalized spacial score (nSPS) is 10.8. The van der Waals surface area contributed by atoms with Gasteiger partial charge in [0.25, 0.3) is 0 Å². The van der Waals surface area contributed by atoms with Gasteiger partial charge in [0.15, 0.2) is 5.16 Å². The minimum atomic E-state index is 0.873. The van der Waals surface area contributed by atoms with Crippen LogP contribution in [0.3, 0.4) is 0 Å². The van der Waals surface area contributed by atoms with Gasteiger partial charge in [-0.1, -0.05) is 58.0 Å². The molecule has 106 valence electrons. The fourth-order valence-corrected chi connectivity index (χ4v) is 3.19. The summed E-state index contributed by atoms with van der Waals surface area (Å²) in [5, 5.41) is 9.19. The summed E-state index contributed by atoms with van der Waals surface area (Å²) in [6.07, 6.45) is 1.77. The van der Waals surface area contributed by atoms with Gasteiger partial charge in [-0.15, -0.1) is 10.2 Å². The van der Waals surface area contributed by atoms with Gasteiger partial charge in [0, 0.05) is 10.2 Å². The fraction of sp³-hybridized carbons (Fsp3) is 0.125. The van der Waals surface area contributed by atoms with Gasteiger partial charge in [-0.3, -0.25) is 4.57 Å². The molecule has 1 heterocycles. The summed E-state index contributed by atoms with van der Waals surface area (Å²) in [6.45, 7) is 2.10. The van der Waals surface area contributed by atoms with E-state index in [1.165, 1.54) is 11.1 Å². The van der Waals surface area contributed by atoms with E-state index in [9.17, 15) is 0 Å². The first-order chi connectivity index (χ1) is 10.2. The number of para-hydroxylation sites is 1. The van der Waals surface area contributed by atoms with E-state index < -0.39 is 0 Å². The standard InChI is InChI=1S/C16H14BrN3S/c1-12-4-2-3-5-15(12)20-11-18-19-16(20)21-10-13-6-8-14(17)9-7-13/h2-9,11H,10H2,1H3. The van der Waals surface area contributed by atoms with E-state index >= 15 is 0 Å². The van der Waals surface area contributed by atoms with Gasteiger partial charge in [0.05, 0.1) is 5.69 Å². The number of thioether (sulfide) groups is 1. The van der Waals surface area contributed by atoms with Crippen molar-refractivity contribution < 1.29 is 0 Å². The Morgan fingerprint density at radius 2 is 1.86 bits per heavy atom. The Morgan fingerprint density at radius 1 is 1.10 bits per heavy atom. The minimum absolute atomic E-state index is 0.873. The predicted octanol–water partition coefficient (Wildman–Crippen LogP) is 4.63. The van der Waals surface area contributed by atoms with E-state index in [1.54, 1.807) is 18.1 Å². The van der Waals surface area contributed by atoms with Gasteiger partial charge in [-0.05, 0) is 36.2 Å². The maximum absolute atomic E-state index is 4.23. The van der Waals surface area contributed by atoms with Crippen molar-refractivity contribution in [2.45, 2.75) is 17.8 Å². The van der Waals surface area contributed by atoms with Crippen LogP contribution >= 0.6 is 27.7 Å². The molecule has 0 aliphatic carbocycles. The first kappa shape index (κ1) is 14.4. The molecule has 2 aromatic carbocycles. The smallest absolute Gasteiger partial charge is 0.195 e. The molecule has 0 saturated heterocycles. The average Bonchev–Trinajstić information content (AvgIpc) is 2.95. The van der Waals surface area contributed by atoms with Gasteiger partial charge >= 0.3 is 0 Å². The molecule has 0 atom stereocenters. The van der Waals surface area contributed by atoms with Crippen LogP contribution in [-0.4, -0.2) is 14.8 Å². The highest BCUT2D eigenvalue weighted by molar-refractivity contribution is 9.10. The van der Waals surface area contributed by atoms with Crippen molar-refractivity contribution in [3.05, 3.63) is 70.5 Å². The third-order valence-electron chi connectivity index (χ3n) is 3.17. The lowest BCUT2D eigenvalue weighted by atomic mass is 10.2. The molecule has 0 unspecified atom stereocenters. The van der Waals surface area contributed by atoms with Gasteiger partial charge in [0.2, 0.25) is 0 Å².